The molecule has 8 heteroatoms. The maximum atomic E-state index is 12.7. The lowest BCUT2D eigenvalue weighted by molar-refractivity contribution is -0.133. The molecule has 0 aromatic heterocycles. The molecule has 3 rings (SSSR count). The van der Waals surface area contributed by atoms with E-state index in [4.69, 9.17) is 10.5 Å². The summed E-state index contributed by atoms with van der Waals surface area (Å²) < 4.78 is 5.89. The molecule has 0 spiro atoms. The molecule has 188 valence electrons. The Balaban J connectivity index is 1.34. The number of carbonyl (C=O) groups is 2. The molecule has 2 fully saturated rings. The average molecular weight is 471 g/mol. The monoisotopic (exact) mass is 470 g/mol. The number of nitrogens with zero attached hydrogens (tertiary/aromatic N) is 3. The molecule has 1 aromatic rings. The second kappa shape index (κ2) is 12.2. The van der Waals surface area contributed by atoms with Gasteiger partial charge in [0.05, 0.1) is 6.61 Å². The number of piperidine rings is 1. The molecule has 0 unspecified atom stereocenters. The van der Waals surface area contributed by atoms with Gasteiger partial charge < -0.3 is 31.0 Å². The number of hydrogen-bond acceptors (Lipinski definition) is 4. The highest BCUT2D eigenvalue weighted by Crippen LogP contribution is 2.24. The van der Waals surface area contributed by atoms with Crippen LogP contribution in [0.2, 0.25) is 0 Å². The molecular weight excluding hydrogens is 430 g/mol. The molecular formula is C26H40N5O3-. The number of rotatable bonds is 8. The Bertz CT molecular complexity index is 833. The molecule has 0 saturated carbocycles. The fourth-order valence-electron chi connectivity index (χ4n) is 4.67. The molecule has 0 aliphatic carbocycles. The zero-order valence-corrected chi connectivity index (χ0v) is 20.8. The number of benzene rings is 1. The third-order valence-corrected chi connectivity index (χ3v) is 7.05. The summed E-state index contributed by atoms with van der Waals surface area (Å²) >= 11 is 0. The lowest BCUT2D eigenvalue weighted by atomic mass is 9.92. The molecule has 0 bridgehead atoms. The maximum absolute atomic E-state index is 12.7. The summed E-state index contributed by atoms with van der Waals surface area (Å²) in [6, 6.07) is 6.96. The molecule has 3 N–H and O–H groups in total. The van der Waals surface area contributed by atoms with E-state index in [-0.39, 0.29) is 29.7 Å². The van der Waals surface area contributed by atoms with E-state index in [0.717, 1.165) is 56.4 Å². The third kappa shape index (κ3) is 6.95. The van der Waals surface area contributed by atoms with Crippen molar-refractivity contribution in [2.45, 2.75) is 71.4 Å². The zero-order valence-electron chi connectivity index (χ0n) is 20.8. The van der Waals surface area contributed by atoms with Crippen LogP contribution in [0.15, 0.2) is 24.3 Å². The van der Waals surface area contributed by atoms with Crippen LogP contribution >= 0.6 is 0 Å². The summed E-state index contributed by atoms with van der Waals surface area (Å²) in [5.74, 6) is 1.29. The summed E-state index contributed by atoms with van der Waals surface area (Å²) in [6.07, 6.45) is 6.03. The van der Waals surface area contributed by atoms with Crippen molar-refractivity contribution >= 4 is 17.8 Å². The number of hydrogen-bond donors (Lipinski definition) is 2. The Morgan fingerprint density at radius 2 is 1.82 bits per heavy atom. The minimum absolute atomic E-state index is 0.00273. The Morgan fingerprint density at radius 1 is 1.15 bits per heavy atom. The van der Waals surface area contributed by atoms with E-state index < -0.39 is 6.04 Å². The van der Waals surface area contributed by atoms with Crippen molar-refractivity contribution in [3.63, 3.8) is 0 Å². The lowest BCUT2D eigenvalue weighted by Gasteiger charge is -2.35. The topological polar surface area (TPSA) is 110 Å². The first-order valence-corrected chi connectivity index (χ1v) is 12.7. The highest BCUT2D eigenvalue weighted by molar-refractivity contribution is 6.00. The molecule has 0 radical (unpaired) electrons. The van der Waals surface area contributed by atoms with Crippen molar-refractivity contribution in [1.82, 2.24) is 15.1 Å². The van der Waals surface area contributed by atoms with E-state index in [2.05, 4.69) is 12.2 Å². The molecule has 3 amide bonds. The number of likely N-dealkylation sites (tertiary alicyclic amines) is 2. The van der Waals surface area contributed by atoms with E-state index in [9.17, 15) is 15.0 Å². The van der Waals surface area contributed by atoms with Gasteiger partial charge in [-0.2, -0.15) is 0 Å². The van der Waals surface area contributed by atoms with E-state index in [1.54, 1.807) is 4.90 Å². The molecule has 2 aliphatic heterocycles. The van der Waals surface area contributed by atoms with Crippen LogP contribution in [0.4, 0.5) is 4.79 Å². The van der Waals surface area contributed by atoms with Crippen LogP contribution < -0.4 is 15.8 Å². The van der Waals surface area contributed by atoms with Crippen molar-refractivity contribution in [3.05, 3.63) is 35.2 Å². The van der Waals surface area contributed by atoms with Crippen LogP contribution in [0.3, 0.4) is 0 Å². The van der Waals surface area contributed by atoms with Crippen molar-refractivity contribution in [2.24, 2.45) is 17.6 Å². The smallest absolute Gasteiger partial charge is 0.244 e. The maximum Gasteiger partial charge on any atom is 0.244 e. The fraction of sp³-hybridized carbons (Fsp3) is 0.654. The second-order valence-corrected chi connectivity index (χ2v) is 9.96. The molecule has 2 heterocycles. The summed E-state index contributed by atoms with van der Waals surface area (Å²) in [5, 5.41) is 12.3. The summed E-state index contributed by atoms with van der Waals surface area (Å²) in [6.45, 7) is 8.59. The van der Waals surface area contributed by atoms with Crippen molar-refractivity contribution in [1.29, 1.82) is 0 Å². The first-order chi connectivity index (χ1) is 16.3. The number of nitrogens with one attached hydrogen (secondary N) is 1. The van der Waals surface area contributed by atoms with Crippen LogP contribution in [0.25, 0.3) is 5.41 Å². The molecule has 34 heavy (non-hydrogen) atoms. The van der Waals surface area contributed by atoms with Crippen LogP contribution in [0.5, 0.6) is 5.75 Å². The van der Waals surface area contributed by atoms with Gasteiger partial charge in [-0.1, -0.05) is 31.8 Å². The van der Waals surface area contributed by atoms with Crippen LogP contribution in [0, 0.1) is 11.8 Å². The third-order valence-electron chi connectivity index (χ3n) is 7.05. The Hall–Kier alpha value is -2.61. The van der Waals surface area contributed by atoms with Gasteiger partial charge in [-0.3, -0.25) is 9.59 Å². The predicted octanol–water partition coefficient (Wildman–Crippen LogP) is 3.90. The van der Waals surface area contributed by atoms with Crippen molar-refractivity contribution in [3.8, 4) is 5.75 Å². The number of carbonyl (C=O) groups excluding carboxylic acids is 2. The average Bonchev–Trinajstić information content (AvgIpc) is 3.27. The Kier molecular flexibility index (Phi) is 9.33. The van der Waals surface area contributed by atoms with Gasteiger partial charge in [-0.25, -0.2) is 0 Å². The molecule has 2 atom stereocenters. The molecule has 8 nitrogen and oxygen atoms in total. The van der Waals surface area contributed by atoms with Gasteiger partial charge in [0.1, 0.15) is 11.8 Å². The summed E-state index contributed by atoms with van der Waals surface area (Å²) in [7, 11) is 0. The number of urea groups is 1. The number of ether oxygens (including phenoxy) is 1. The zero-order chi connectivity index (χ0) is 24.7. The largest absolute Gasteiger partial charge is 0.494 e. The standard InChI is InChI=1S/C26H40N5O3/c1-18(2)24(28)29-26(33)30-15-12-20(13-16-30)7-5-17-34-22-10-8-21(9-11-22)23(27)25(32)31-14-4-6-19(31)3/h8-11,18-20,23H,4-7,12-17,27H2,1-3H3,(H-,28,29,33)/q-1/t19-,23+/m1/s1. The fourth-order valence-corrected chi connectivity index (χ4v) is 4.67. The van der Waals surface area contributed by atoms with Gasteiger partial charge in [-0.15, -0.1) is 0 Å². The van der Waals surface area contributed by atoms with Gasteiger partial charge in [0.25, 0.3) is 0 Å². The molecule has 2 saturated heterocycles. The second-order valence-electron chi connectivity index (χ2n) is 9.96. The summed E-state index contributed by atoms with van der Waals surface area (Å²) in [5.41, 5.74) is 7.04. The lowest BCUT2D eigenvalue weighted by Crippen LogP contribution is -2.47. The van der Waals surface area contributed by atoms with E-state index in [0.29, 0.717) is 25.6 Å². The highest BCUT2D eigenvalue weighted by Gasteiger charge is 2.29. The Morgan fingerprint density at radius 3 is 2.41 bits per heavy atom. The molecule has 2 aliphatic rings. The van der Waals surface area contributed by atoms with Crippen LogP contribution in [-0.4, -0.2) is 59.9 Å². The van der Waals surface area contributed by atoms with E-state index in [1.165, 1.54) is 0 Å². The van der Waals surface area contributed by atoms with Crippen LogP contribution in [-0.2, 0) is 4.79 Å². The highest BCUT2D eigenvalue weighted by atomic mass is 16.5. The van der Waals surface area contributed by atoms with Crippen molar-refractivity contribution in [2.75, 3.05) is 26.2 Å². The van der Waals surface area contributed by atoms with Gasteiger partial charge in [0, 0.05) is 25.7 Å². The number of nitrogens with two attached hydrogens (primary N) is 1. The number of amides is 3. The van der Waals surface area contributed by atoms with Gasteiger partial charge in [-0.05, 0) is 75.0 Å². The van der Waals surface area contributed by atoms with Gasteiger partial charge in [0.15, 0.2) is 0 Å². The minimum Gasteiger partial charge on any atom is -0.494 e. The van der Waals surface area contributed by atoms with Crippen molar-refractivity contribution < 1.29 is 14.3 Å². The van der Waals surface area contributed by atoms with Crippen LogP contribution in [0.1, 0.15) is 70.9 Å². The Labute approximate surface area is 203 Å². The van der Waals surface area contributed by atoms with E-state index >= 15 is 0 Å². The minimum atomic E-state index is -0.630. The molecule has 1 aromatic carbocycles. The van der Waals surface area contributed by atoms with Gasteiger partial charge in [0.2, 0.25) is 11.9 Å². The van der Waals surface area contributed by atoms with Gasteiger partial charge >= 0.3 is 0 Å². The normalized spacial score (nSPS) is 19.9. The SMILES string of the molecule is CC(C)C(=[N-])NC(=O)N1CCC(CCCOc2ccc([C@H](N)C(=O)N3CCC[C@H]3C)cc2)CC1. The first-order valence-electron chi connectivity index (χ1n) is 12.7. The number of amidine groups is 1. The quantitative estimate of drug-likeness (QED) is 0.341. The summed E-state index contributed by atoms with van der Waals surface area (Å²) in [4.78, 5) is 28.5. The van der Waals surface area contributed by atoms with E-state index in [1.807, 2.05) is 43.0 Å². The predicted molar refractivity (Wildman–Crippen MR) is 135 cm³/mol. The first kappa shape index (κ1) is 26.0.